The Bertz CT molecular complexity index is 1300. The summed E-state index contributed by atoms with van der Waals surface area (Å²) in [6.07, 6.45) is 12.0. The first kappa shape index (κ1) is 23.9. The third-order valence-corrected chi connectivity index (χ3v) is 9.53. The van der Waals surface area contributed by atoms with E-state index < -0.39 is 0 Å². The lowest BCUT2D eigenvalue weighted by Gasteiger charge is -2.53. The van der Waals surface area contributed by atoms with Crippen molar-refractivity contribution in [3.8, 4) is 17.5 Å². The molecule has 0 spiro atoms. The van der Waals surface area contributed by atoms with E-state index in [0.717, 1.165) is 87.3 Å². The Morgan fingerprint density at radius 3 is 2.55 bits per heavy atom. The Morgan fingerprint density at radius 1 is 1.08 bits per heavy atom. The van der Waals surface area contributed by atoms with E-state index in [1.165, 1.54) is 12.8 Å². The predicted octanol–water partition coefficient (Wildman–Crippen LogP) is 5.82. The number of anilines is 1. The molecule has 0 N–H and O–H groups in total. The van der Waals surface area contributed by atoms with Crippen molar-refractivity contribution < 1.29 is 18.5 Å². The van der Waals surface area contributed by atoms with Crippen molar-refractivity contribution >= 4 is 11.6 Å². The minimum atomic E-state index is 0.0147. The maximum atomic E-state index is 13.8. The number of ether oxygens (including phenoxy) is 1. The van der Waals surface area contributed by atoms with Crippen LogP contribution in [0.2, 0.25) is 0 Å². The zero-order chi connectivity index (χ0) is 25.7. The summed E-state index contributed by atoms with van der Waals surface area (Å²) in [7, 11) is 0. The van der Waals surface area contributed by atoms with Crippen LogP contribution in [-0.4, -0.2) is 39.4 Å². The van der Waals surface area contributed by atoms with Gasteiger partial charge in [-0.3, -0.25) is 4.79 Å². The number of fused-ring (bicyclic) bond motifs is 3. The number of carbonyl (C=O) groups is 1. The minimum absolute atomic E-state index is 0.0147. The molecule has 2 heterocycles. The molecule has 2 bridgehead atoms. The summed E-state index contributed by atoms with van der Waals surface area (Å²) in [4.78, 5) is 20.7. The molecule has 0 atom stereocenters. The smallest absolute Gasteiger partial charge is 0.414 e. The molecule has 38 heavy (non-hydrogen) atoms. The van der Waals surface area contributed by atoms with Crippen molar-refractivity contribution in [2.24, 2.45) is 11.3 Å². The molecule has 0 aliphatic heterocycles. The standard InChI is InChI=1S/C29H35N5O4/c1-2-36-27-32-31-24(37-27)21-7-4-8-22(17-21)34(25(35)20-5-3-6-20)18-28-11-14-29(15-12-28,16-13-28)26-30-23(33-38-26)19-9-10-19/h4,7-8,17,19-20H,2-3,5-6,9-16,18H2,1H3. The highest BCUT2D eigenvalue weighted by Crippen LogP contribution is 2.58. The van der Waals surface area contributed by atoms with E-state index >= 15 is 0 Å². The van der Waals surface area contributed by atoms with Crippen LogP contribution in [0, 0.1) is 11.3 Å². The molecule has 5 saturated carbocycles. The van der Waals surface area contributed by atoms with E-state index in [-0.39, 0.29) is 28.7 Å². The van der Waals surface area contributed by atoms with Gasteiger partial charge in [-0.05, 0) is 94.7 Å². The van der Waals surface area contributed by atoms with Crippen molar-refractivity contribution in [2.75, 3.05) is 18.1 Å². The van der Waals surface area contributed by atoms with E-state index in [2.05, 4.69) is 20.3 Å². The Kier molecular flexibility index (Phi) is 5.78. The Balaban J connectivity index is 1.13. The molecule has 5 aliphatic rings. The van der Waals surface area contributed by atoms with Gasteiger partial charge in [-0.1, -0.05) is 22.7 Å². The maximum absolute atomic E-state index is 13.8. The zero-order valence-corrected chi connectivity index (χ0v) is 22.0. The molecule has 5 fully saturated rings. The summed E-state index contributed by atoms with van der Waals surface area (Å²) in [5.41, 5.74) is 1.82. The fraction of sp³-hybridized carbons (Fsp3) is 0.621. The first-order valence-corrected chi connectivity index (χ1v) is 14.3. The molecule has 5 aliphatic carbocycles. The molecule has 1 aromatic carbocycles. The monoisotopic (exact) mass is 517 g/mol. The van der Waals surface area contributed by atoms with Crippen LogP contribution in [0.4, 0.5) is 5.69 Å². The van der Waals surface area contributed by atoms with Gasteiger partial charge >= 0.3 is 6.08 Å². The molecule has 200 valence electrons. The van der Waals surface area contributed by atoms with Gasteiger partial charge in [-0.15, -0.1) is 5.10 Å². The summed E-state index contributed by atoms with van der Waals surface area (Å²) < 4.78 is 16.9. The second-order valence-corrected chi connectivity index (χ2v) is 11.9. The molecule has 2 aromatic heterocycles. The van der Waals surface area contributed by atoms with Crippen LogP contribution in [0.25, 0.3) is 11.5 Å². The molecule has 8 rings (SSSR count). The molecular weight excluding hydrogens is 482 g/mol. The van der Waals surface area contributed by atoms with Gasteiger partial charge in [-0.2, -0.15) is 4.98 Å². The third kappa shape index (κ3) is 4.20. The van der Waals surface area contributed by atoms with Gasteiger partial charge in [0.2, 0.25) is 11.8 Å². The molecule has 9 nitrogen and oxygen atoms in total. The minimum Gasteiger partial charge on any atom is -0.449 e. The van der Waals surface area contributed by atoms with Crippen LogP contribution in [0.5, 0.6) is 6.08 Å². The lowest BCUT2D eigenvalue weighted by molar-refractivity contribution is -0.125. The van der Waals surface area contributed by atoms with Crippen molar-refractivity contribution in [3.63, 3.8) is 0 Å². The fourth-order valence-corrected chi connectivity index (χ4v) is 6.60. The van der Waals surface area contributed by atoms with Gasteiger partial charge in [0.05, 0.1) is 6.61 Å². The number of rotatable bonds is 9. The average molecular weight is 518 g/mol. The zero-order valence-electron chi connectivity index (χ0n) is 22.0. The third-order valence-electron chi connectivity index (χ3n) is 9.53. The van der Waals surface area contributed by atoms with E-state index in [4.69, 9.17) is 18.7 Å². The number of hydrogen-bond acceptors (Lipinski definition) is 8. The molecule has 0 radical (unpaired) electrons. The maximum Gasteiger partial charge on any atom is 0.414 e. The molecule has 3 aromatic rings. The van der Waals surface area contributed by atoms with Crippen LogP contribution in [0.1, 0.15) is 95.2 Å². The van der Waals surface area contributed by atoms with Gasteiger partial charge in [0, 0.05) is 35.0 Å². The number of carbonyl (C=O) groups excluding carboxylic acids is 1. The first-order chi connectivity index (χ1) is 18.6. The van der Waals surface area contributed by atoms with E-state index in [1.807, 2.05) is 31.2 Å². The number of nitrogens with zero attached hydrogens (tertiary/aromatic N) is 5. The van der Waals surface area contributed by atoms with Crippen LogP contribution < -0.4 is 9.64 Å². The van der Waals surface area contributed by atoms with E-state index in [9.17, 15) is 4.79 Å². The van der Waals surface area contributed by atoms with Crippen molar-refractivity contribution in [2.45, 2.75) is 88.9 Å². The Labute approximate surface area is 222 Å². The van der Waals surface area contributed by atoms with Crippen molar-refractivity contribution in [1.82, 2.24) is 20.3 Å². The van der Waals surface area contributed by atoms with Crippen LogP contribution in [0.3, 0.4) is 0 Å². The normalized spacial score (nSPS) is 26.8. The number of aromatic nitrogens is 4. The average Bonchev–Trinajstić information content (AvgIpc) is 3.44. The highest BCUT2D eigenvalue weighted by Gasteiger charge is 2.53. The largest absolute Gasteiger partial charge is 0.449 e. The van der Waals surface area contributed by atoms with E-state index in [0.29, 0.717) is 18.4 Å². The first-order valence-electron chi connectivity index (χ1n) is 14.3. The van der Waals surface area contributed by atoms with Gasteiger partial charge in [0.25, 0.3) is 5.89 Å². The predicted molar refractivity (Wildman–Crippen MR) is 139 cm³/mol. The molecular formula is C29H35N5O4. The molecule has 0 unspecified atom stereocenters. The fourth-order valence-electron chi connectivity index (χ4n) is 6.60. The quantitative estimate of drug-likeness (QED) is 0.349. The van der Waals surface area contributed by atoms with Crippen molar-refractivity contribution in [1.29, 1.82) is 0 Å². The van der Waals surface area contributed by atoms with Gasteiger partial charge in [-0.25, -0.2) is 0 Å². The highest BCUT2D eigenvalue weighted by atomic mass is 16.6. The van der Waals surface area contributed by atoms with Crippen LogP contribution in [-0.2, 0) is 10.2 Å². The summed E-state index contributed by atoms with van der Waals surface area (Å²) in [6.45, 7) is 3.08. The molecule has 9 heteroatoms. The number of amides is 1. The van der Waals surface area contributed by atoms with Crippen LogP contribution in [0.15, 0.2) is 33.2 Å². The van der Waals surface area contributed by atoms with Gasteiger partial charge in [0.15, 0.2) is 5.82 Å². The van der Waals surface area contributed by atoms with Crippen LogP contribution >= 0.6 is 0 Å². The lowest BCUT2D eigenvalue weighted by atomic mass is 9.53. The van der Waals surface area contributed by atoms with Gasteiger partial charge in [0.1, 0.15) is 0 Å². The molecule has 0 saturated heterocycles. The molecule has 1 amide bonds. The Hall–Kier alpha value is -3.23. The highest BCUT2D eigenvalue weighted by molar-refractivity contribution is 5.96. The summed E-state index contributed by atoms with van der Waals surface area (Å²) in [6, 6.07) is 7.94. The second-order valence-electron chi connectivity index (χ2n) is 11.9. The van der Waals surface area contributed by atoms with Crippen molar-refractivity contribution in [3.05, 3.63) is 36.0 Å². The summed E-state index contributed by atoms with van der Waals surface area (Å²) >= 11 is 0. The second kappa shape index (κ2) is 9.20. The topological polar surface area (TPSA) is 107 Å². The van der Waals surface area contributed by atoms with Gasteiger partial charge < -0.3 is 18.6 Å². The number of benzene rings is 1. The summed E-state index contributed by atoms with van der Waals surface area (Å²) in [5.74, 6) is 3.03. The SMILES string of the molecule is CCOc1nnc(-c2cccc(N(CC34CCC(c5nc(C6CC6)no5)(CC3)CC4)C(=O)C3CCC3)c2)o1. The van der Waals surface area contributed by atoms with E-state index in [1.54, 1.807) is 0 Å². The summed E-state index contributed by atoms with van der Waals surface area (Å²) in [5, 5.41) is 12.4. The Morgan fingerprint density at radius 2 is 1.87 bits per heavy atom. The lowest BCUT2D eigenvalue weighted by Crippen LogP contribution is -2.52. The number of hydrogen-bond donors (Lipinski definition) is 0.